The van der Waals surface area contributed by atoms with Gasteiger partial charge in [-0.25, -0.2) is 0 Å². The van der Waals surface area contributed by atoms with Crippen LogP contribution in [0.5, 0.6) is 0 Å². The maximum Gasteiger partial charge on any atom is 0.279 e. The molecule has 2 heterocycles. The molecule has 5 nitrogen and oxygen atoms in total. The number of hydrogen-bond donors (Lipinski definition) is 0. The highest BCUT2D eigenvalue weighted by Gasteiger charge is 2.33. The Morgan fingerprint density at radius 1 is 1.26 bits per heavy atom. The Morgan fingerprint density at radius 2 is 2.00 bits per heavy atom. The van der Waals surface area contributed by atoms with Gasteiger partial charge in [0, 0.05) is 12.1 Å². The van der Waals surface area contributed by atoms with Gasteiger partial charge in [-0.3, -0.25) is 9.80 Å². The Labute approximate surface area is 112 Å². The summed E-state index contributed by atoms with van der Waals surface area (Å²) in [6.07, 6.45) is 0. The molecule has 0 spiro atoms. The minimum atomic E-state index is -0.00445. The van der Waals surface area contributed by atoms with Gasteiger partial charge < -0.3 is 9.64 Å². The number of likely N-dealkylation sites (N-methyl/N-ethyl adjacent to an activating group) is 1. The van der Waals surface area contributed by atoms with Crippen LogP contribution in [0.4, 0.5) is 5.69 Å². The number of para-hydroxylation sites is 1. The van der Waals surface area contributed by atoms with Gasteiger partial charge in [0.2, 0.25) is 0 Å². The number of rotatable bonds is 2. The maximum absolute atomic E-state index is 12.4. The van der Waals surface area contributed by atoms with Crippen molar-refractivity contribution in [3.05, 3.63) is 29.8 Å². The van der Waals surface area contributed by atoms with Crippen molar-refractivity contribution in [2.75, 3.05) is 37.7 Å². The second kappa shape index (κ2) is 5.01. The van der Waals surface area contributed by atoms with Crippen molar-refractivity contribution in [2.24, 2.45) is 5.10 Å². The lowest BCUT2D eigenvalue weighted by atomic mass is 10.1. The van der Waals surface area contributed by atoms with E-state index in [1.165, 1.54) is 0 Å². The molecule has 1 aromatic carbocycles. The maximum atomic E-state index is 12.4. The molecule has 1 saturated heterocycles. The summed E-state index contributed by atoms with van der Waals surface area (Å²) < 4.78 is 5.30. The number of amides is 1. The van der Waals surface area contributed by atoms with Crippen molar-refractivity contribution in [2.45, 2.75) is 6.92 Å². The van der Waals surface area contributed by atoms with Crippen LogP contribution in [0.3, 0.4) is 0 Å². The number of benzene rings is 1. The van der Waals surface area contributed by atoms with Gasteiger partial charge in [-0.1, -0.05) is 18.2 Å². The molecule has 0 radical (unpaired) electrons. The van der Waals surface area contributed by atoms with E-state index >= 15 is 0 Å². The molecule has 5 heteroatoms. The number of carbonyl (C=O) groups is 1. The molecule has 2 aliphatic heterocycles. The minimum absolute atomic E-state index is 0.00445. The molecule has 2 aliphatic rings. The largest absolute Gasteiger partial charge is 0.378 e. The second-order valence-corrected chi connectivity index (χ2v) is 4.58. The first-order valence-corrected chi connectivity index (χ1v) is 6.64. The van der Waals surface area contributed by atoms with Crippen molar-refractivity contribution in [1.29, 1.82) is 0 Å². The monoisotopic (exact) mass is 259 g/mol. The normalized spacial score (nSPS) is 21.1. The van der Waals surface area contributed by atoms with E-state index in [1.54, 1.807) is 4.90 Å². The third kappa shape index (κ3) is 2.10. The summed E-state index contributed by atoms with van der Waals surface area (Å²) in [5.41, 5.74) is 2.45. The fourth-order valence-corrected chi connectivity index (χ4v) is 2.47. The molecule has 0 atom stereocenters. The van der Waals surface area contributed by atoms with Crippen LogP contribution in [0.15, 0.2) is 29.4 Å². The zero-order valence-electron chi connectivity index (χ0n) is 11.0. The first-order chi connectivity index (χ1) is 9.31. The summed E-state index contributed by atoms with van der Waals surface area (Å²) in [7, 11) is 0. The zero-order valence-corrected chi connectivity index (χ0v) is 11.0. The van der Waals surface area contributed by atoms with E-state index in [0.717, 1.165) is 24.3 Å². The fraction of sp³-hybridized carbons (Fsp3) is 0.429. The zero-order chi connectivity index (χ0) is 13.2. The topological polar surface area (TPSA) is 45.1 Å². The van der Waals surface area contributed by atoms with Gasteiger partial charge in [0.25, 0.3) is 5.91 Å². The lowest BCUT2D eigenvalue weighted by Crippen LogP contribution is -2.35. The number of fused-ring (bicyclic) bond motifs is 1. The Kier molecular flexibility index (Phi) is 3.21. The van der Waals surface area contributed by atoms with Crippen LogP contribution in [0.1, 0.15) is 12.5 Å². The van der Waals surface area contributed by atoms with Crippen LogP contribution in [0.25, 0.3) is 0 Å². The predicted molar refractivity (Wildman–Crippen MR) is 73.4 cm³/mol. The number of hydrogen-bond acceptors (Lipinski definition) is 4. The smallest absolute Gasteiger partial charge is 0.279 e. The van der Waals surface area contributed by atoms with E-state index < -0.39 is 0 Å². The summed E-state index contributed by atoms with van der Waals surface area (Å²) in [6.45, 7) is 5.47. The Balaban J connectivity index is 1.97. The number of ether oxygens (including phenoxy) is 1. The van der Waals surface area contributed by atoms with E-state index in [4.69, 9.17) is 4.74 Å². The molecule has 19 heavy (non-hydrogen) atoms. The van der Waals surface area contributed by atoms with E-state index in [1.807, 2.05) is 36.2 Å². The van der Waals surface area contributed by atoms with Crippen LogP contribution < -0.4 is 4.90 Å². The lowest BCUT2D eigenvalue weighted by Gasteiger charge is -2.24. The minimum Gasteiger partial charge on any atom is -0.378 e. The summed E-state index contributed by atoms with van der Waals surface area (Å²) in [5.74, 6) is -0.00445. The van der Waals surface area contributed by atoms with Crippen molar-refractivity contribution in [3.8, 4) is 0 Å². The van der Waals surface area contributed by atoms with Crippen LogP contribution in [0.2, 0.25) is 0 Å². The number of hydrazone groups is 1. The van der Waals surface area contributed by atoms with E-state index in [0.29, 0.717) is 25.5 Å². The SMILES string of the molecule is CCN1C(=O)C(=NN2CCOCC2)c2ccccc21. The second-order valence-electron chi connectivity index (χ2n) is 4.58. The molecule has 0 saturated carbocycles. The Morgan fingerprint density at radius 3 is 2.74 bits per heavy atom. The Bertz CT molecular complexity index is 521. The van der Waals surface area contributed by atoms with Gasteiger partial charge in [0.15, 0.2) is 5.71 Å². The van der Waals surface area contributed by atoms with Crippen LogP contribution >= 0.6 is 0 Å². The average Bonchev–Trinajstić information content (AvgIpc) is 2.73. The quantitative estimate of drug-likeness (QED) is 0.798. The van der Waals surface area contributed by atoms with Crippen molar-refractivity contribution in [1.82, 2.24) is 5.01 Å². The van der Waals surface area contributed by atoms with Crippen molar-refractivity contribution >= 4 is 17.3 Å². The van der Waals surface area contributed by atoms with Crippen LogP contribution in [0, 0.1) is 0 Å². The van der Waals surface area contributed by atoms with Gasteiger partial charge in [-0.2, -0.15) is 5.10 Å². The molecular weight excluding hydrogens is 242 g/mol. The molecule has 0 aromatic heterocycles. The van der Waals surface area contributed by atoms with Gasteiger partial charge >= 0.3 is 0 Å². The van der Waals surface area contributed by atoms with Gasteiger partial charge in [0.1, 0.15) is 0 Å². The summed E-state index contributed by atoms with van der Waals surface area (Å²) in [4.78, 5) is 14.2. The number of carbonyl (C=O) groups excluding carboxylic acids is 1. The van der Waals surface area contributed by atoms with E-state index in [9.17, 15) is 4.79 Å². The molecule has 100 valence electrons. The molecule has 3 rings (SSSR count). The lowest BCUT2D eigenvalue weighted by molar-refractivity contribution is -0.112. The summed E-state index contributed by atoms with van der Waals surface area (Å²) in [6, 6.07) is 7.83. The highest BCUT2D eigenvalue weighted by atomic mass is 16.5. The summed E-state index contributed by atoms with van der Waals surface area (Å²) >= 11 is 0. The molecule has 0 bridgehead atoms. The molecule has 1 amide bonds. The first-order valence-electron chi connectivity index (χ1n) is 6.64. The van der Waals surface area contributed by atoms with E-state index in [-0.39, 0.29) is 5.91 Å². The third-order valence-corrected chi connectivity index (χ3v) is 3.44. The summed E-state index contributed by atoms with van der Waals surface area (Å²) in [5, 5.41) is 6.46. The molecule has 0 N–H and O–H groups in total. The number of nitrogens with zero attached hydrogens (tertiary/aromatic N) is 3. The Hall–Kier alpha value is -1.88. The van der Waals surface area contributed by atoms with Crippen LogP contribution in [-0.2, 0) is 9.53 Å². The average molecular weight is 259 g/mol. The molecule has 1 fully saturated rings. The standard InChI is InChI=1S/C14H17N3O2/c1-2-17-12-6-4-3-5-11(12)13(14(17)18)15-16-7-9-19-10-8-16/h3-6H,2,7-10H2,1H3. The number of anilines is 1. The predicted octanol–water partition coefficient (Wildman–Crippen LogP) is 1.09. The van der Waals surface area contributed by atoms with Gasteiger partial charge in [0.05, 0.1) is 32.0 Å². The highest BCUT2D eigenvalue weighted by Crippen LogP contribution is 2.29. The van der Waals surface area contributed by atoms with Crippen molar-refractivity contribution < 1.29 is 9.53 Å². The number of morpholine rings is 1. The highest BCUT2D eigenvalue weighted by molar-refractivity contribution is 6.54. The van der Waals surface area contributed by atoms with Crippen LogP contribution in [-0.4, -0.2) is 49.5 Å². The van der Waals surface area contributed by atoms with E-state index in [2.05, 4.69) is 5.10 Å². The van der Waals surface area contributed by atoms with Crippen molar-refractivity contribution in [3.63, 3.8) is 0 Å². The molecular formula is C14H17N3O2. The van der Waals surface area contributed by atoms with Gasteiger partial charge in [-0.15, -0.1) is 0 Å². The van der Waals surface area contributed by atoms with Gasteiger partial charge in [-0.05, 0) is 13.0 Å². The molecule has 0 aliphatic carbocycles. The molecule has 0 unspecified atom stereocenters. The third-order valence-electron chi connectivity index (χ3n) is 3.44. The first kappa shape index (κ1) is 12.2. The fourth-order valence-electron chi connectivity index (χ4n) is 2.47. The molecule has 1 aromatic rings.